The zero-order chi connectivity index (χ0) is 14.2. The number of nitrogens with zero attached hydrogens (tertiary/aromatic N) is 3. The van der Waals surface area contributed by atoms with Gasteiger partial charge in [0.1, 0.15) is 0 Å². The number of thiophene rings is 1. The average Bonchev–Trinajstić information content (AvgIpc) is 3.22. The summed E-state index contributed by atoms with van der Waals surface area (Å²) >= 11 is 3.34. The van der Waals surface area contributed by atoms with Crippen molar-refractivity contribution >= 4 is 33.5 Å². The molecular weight excluding hydrogens is 302 g/mol. The van der Waals surface area contributed by atoms with Crippen molar-refractivity contribution in [3.05, 3.63) is 45.9 Å². The Morgan fingerprint density at radius 2 is 2.33 bits per heavy atom. The van der Waals surface area contributed by atoms with Crippen LogP contribution in [0.4, 0.5) is 0 Å². The lowest BCUT2D eigenvalue weighted by Crippen LogP contribution is -2.31. The first-order valence-electron chi connectivity index (χ1n) is 7.05. The van der Waals surface area contributed by atoms with Crippen molar-refractivity contribution in [2.24, 2.45) is 0 Å². The van der Waals surface area contributed by atoms with E-state index in [-0.39, 0.29) is 11.9 Å². The molecule has 1 aliphatic heterocycles. The van der Waals surface area contributed by atoms with Gasteiger partial charge in [-0.05, 0) is 24.3 Å². The third kappa shape index (κ3) is 2.38. The van der Waals surface area contributed by atoms with Gasteiger partial charge in [0.2, 0.25) is 5.91 Å². The fourth-order valence-electron chi connectivity index (χ4n) is 2.96. The van der Waals surface area contributed by atoms with E-state index in [1.54, 1.807) is 22.7 Å². The number of aromatic nitrogens is 2. The molecule has 1 saturated heterocycles. The molecule has 4 nitrogen and oxygen atoms in total. The topological polar surface area (TPSA) is 37.6 Å². The zero-order valence-corrected chi connectivity index (χ0v) is 13.1. The fourth-order valence-corrected chi connectivity index (χ4v) is 4.55. The molecule has 0 saturated carbocycles. The SMILES string of the molecule is O=C(Cc1cn2ccsc2n1)N1CCC[C@H]1c1cccs1. The Labute approximate surface area is 130 Å². The van der Waals surface area contributed by atoms with Crippen LogP contribution < -0.4 is 0 Å². The second-order valence-corrected chi connectivity index (χ2v) is 7.11. The monoisotopic (exact) mass is 317 g/mol. The van der Waals surface area contributed by atoms with Crippen molar-refractivity contribution in [2.75, 3.05) is 6.54 Å². The van der Waals surface area contributed by atoms with Crippen molar-refractivity contribution in [2.45, 2.75) is 25.3 Å². The Morgan fingerprint density at radius 3 is 3.14 bits per heavy atom. The number of thiazole rings is 1. The molecule has 108 valence electrons. The minimum Gasteiger partial charge on any atom is -0.335 e. The van der Waals surface area contributed by atoms with Gasteiger partial charge in [-0.1, -0.05) is 6.07 Å². The molecule has 1 amide bonds. The van der Waals surface area contributed by atoms with Crippen molar-refractivity contribution < 1.29 is 4.79 Å². The maximum Gasteiger partial charge on any atom is 0.229 e. The number of fused-ring (bicyclic) bond motifs is 1. The van der Waals surface area contributed by atoms with Crippen LogP contribution in [0.1, 0.15) is 29.5 Å². The Hall–Kier alpha value is -1.66. The smallest absolute Gasteiger partial charge is 0.229 e. The molecule has 0 N–H and O–H groups in total. The van der Waals surface area contributed by atoms with Crippen LogP contribution in [0.2, 0.25) is 0 Å². The Bertz CT molecular complexity index is 730. The highest BCUT2D eigenvalue weighted by molar-refractivity contribution is 7.15. The van der Waals surface area contributed by atoms with Gasteiger partial charge >= 0.3 is 0 Å². The number of carbonyl (C=O) groups is 1. The molecule has 0 radical (unpaired) electrons. The predicted molar refractivity (Wildman–Crippen MR) is 84.8 cm³/mol. The Kier molecular flexibility index (Phi) is 3.27. The first-order valence-corrected chi connectivity index (χ1v) is 8.81. The van der Waals surface area contributed by atoms with E-state index >= 15 is 0 Å². The molecule has 1 aliphatic rings. The number of amides is 1. The molecule has 0 aromatic carbocycles. The van der Waals surface area contributed by atoms with E-state index in [2.05, 4.69) is 22.5 Å². The molecule has 4 rings (SSSR count). The average molecular weight is 317 g/mol. The van der Waals surface area contributed by atoms with Gasteiger partial charge < -0.3 is 4.90 Å². The quantitative estimate of drug-likeness (QED) is 0.743. The summed E-state index contributed by atoms with van der Waals surface area (Å²) in [7, 11) is 0. The van der Waals surface area contributed by atoms with E-state index in [9.17, 15) is 4.79 Å². The van der Waals surface area contributed by atoms with Gasteiger partial charge in [-0.2, -0.15) is 0 Å². The van der Waals surface area contributed by atoms with Gasteiger partial charge in [0, 0.05) is 29.2 Å². The molecular formula is C15H15N3OS2. The summed E-state index contributed by atoms with van der Waals surface area (Å²) in [6.07, 6.45) is 6.50. The van der Waals surface area contributed by atoms with Gasteiger partial charge in [-0.3, -0.25) is 9.20 Å². The maximum absolute atomic E-state index is 12.6. The predicted octanol–water partition coefficient (Wildman–Crippen LogP) is 3.36. The fraction of sp³-hybridized carbons (Fsp3) is 0.333. The van der Waals surface area contributed by atoms with Crippen LogP contribution in [0.25, 0.3) is 4.96 Å². The van der Waals surface area contributed by atoms with E-state index in [1.807, 2.05) is 27.1 Å². The highest BCUT2D eigenvalue weighted by atomic mass is 32.1. The number of likely N-dealkylation sites (tertiary alicyclic amines) is 1. The number of hydrogen-bond acceptors (Lipinski definition) is 4. The lowest BCUT2D eigenvalue weighted by molar-refractivity contribution is -0.131. The lowest BCUT2D eigenvalue weighted by Gasteiger charge is -2.23. The summed E-state index contributed by atoms with van der Waals surface area (Å²) < 4.78 is 1.98. The molecule has 0 spiro atoms. The van der Waals surface area contributed by atoms with Crippen LogP contribution in [0, 0.1) is 0 Å². The summed E-state index contributed by atoms with van der Waals surface area (Å²) in [5.41, 5.74) is 0.865. The van der Waals surface area contributed by atoms with Gasteiger partial charge in [0.05, 0.1) is 18.2 Å². The van der Waals surface area contributed by atoms with Crippen molar-refractivity contribution in [3.63, 3.8) is 0 Å². The van der Waals surface area contributed by atoms with E-state index in [0.717, 1.165) is 30.0 Å². The second kappa shape index (κ2) is 5.27. The minimum absolute atomic E-state index is 0.191. The van der Waals surface area contributed by atoms with Gasteiger partial charge in [0.15, 0.2) is 4.96 Å². The summed E-state index contributed by atoms with van der Waals surface area (Å²) in [5, 5.41) is 4.08. The van der Waals surface area contributed by atoms with Crippen LogP contribution in [-0.4, -0.2) is 26.7 Å². The van der Waals surface area contributed by atoms with Crippen LogP contribution >= 0.6 is 22.7 Å². The summed E-state index contributed by atoms with van der Waals surface area (Å²) in [4.78, 5) is 21.4. The molecule has 1 fully saturated rings. The molecule has 1 atom stereocenters. The molecule has 0 bridgehead atoms. The summed E-state index contributed by atoms with van der Waals surface area (Å²) in [6, 6.07) is 4.46. The van der Waals surface area contributed by atoms with Crippen LogP contribution in [0.3, 0.4) is 0 Å². The standard InChI is InChI=1S/C15H15N3OS2/c19-14(9-11-10-17-6-8-21-15(17)16-11)18-5-1-3-12(18)13-4-2-7-20-13/h2,4,6-8,10,12H,1,3,5,9H2/t12-/m0/s1. The zero-order valence-electron chi connectivity index (χ0n) is 11.4. The number of carbonyl (C=O) groups excluding carboxylic acids is 1. The number of hydrogen-bond donors (Lipinski definition) is 0. The van der Waals surface area contributed by atoms with E-state index in [0.29, 0.717) is 6.42 Å². The molecule has 21 heavy (non-hydrogen) atoms. The maximum atomic E-state index is 12.6. The molecule has 6 heteroatoms. The highest BCUT2D eigenvalue weighted by Gasteiger charge is 2.30. The largest absolute Gasteiger partial charge is 0.335 e. The number of imidazole rings is 1. The van der Waals surface area contributed by atoms with Crippen LogP contribution in [-0.2, 0) is 11.2 Å². The molecule has 3 aromatic rings. The van der Waals surface area contributed by atoms with E-state index < -0.39 is 0 Å². The Balaban J connectivity index is 1.52. The highest BCUT2D eigenvalue weighted by Crippen LogP contribution is 2.34. The molecule has 4 heterocycles. The van der Waals surface area contributed by atoms with Gasteiger partial charge in [0.25, 0.3) is 0 Å². The Morgan fingerprint density at radius 1 is 1.38 bits per heavy atom. The van der Waals surface area contributed by atoms with Gasteiger partial charge in [-0.15, -0.1) is 22.7 Å². The lowest BCUT2D eigenvalue weighted by atomic mass is 10.2. The third-order valence-electron chi connectivity index (χ3n) is 3.92. The van der Waals surface area contributed by atoms with Crippen molar-refractivity contribution in [1.29, 1.82) is 0 Å². The summed E-state index contributed by atoms with van der Waals surface area (Å²) in [5.74, 6) is 0.191. The second-order valence-electron chi connectivity index (χ2n) is 5.26. The molecule has 0 unspecified atom stereocenters. The first kappa shape index (κ1) is 13.0. The van der Waals surface area contributed by atoms with E-state index in [4.69, 9.17) is 0 Å². The van der Waals surface area contributed by atoms with E-state index in [1.165, 1.54) is 4.88 Å². The van der Waals surface area contributed by atoms with Crippen molar-refractivity contribution in [3.8, 4) is 0 Å². The number of rotatable bonds is 3. The van der Waals surface area contributed by atoms with Crippen LogP contribution in [0.15, 0.2) is 35.3 Å². The minimum atomic E-state index is 0.191. The van der Waals surface area contributed by atoms with Gasteiger partial charge in [-0.25, -0.2) is 4.98 Å². The normalized spacial score (nSPS) is 18.7. The molecule has 0 aliphatic carbocycles. The molecule has 3 aromatic heterocycles. The first-order chi connectivity index (χ1) is 10.3. The summed E-state index contributed by atoms with van der Waals surface area (Å²) in [6.45, 7) is 0.865. The van der Waals surface area contributed by atoms with Crippen molar-refractivity contribution in [1.82, 2.24) is 14.3 Å². The third-order valence-corrected chi connectivity index (χ3v) is 5.66. The van der Waals surface area contributed by atoms with Crippen LogP contribution in [0.5, 0.6) is 0 Å².